The van der Waals surface area contributed by atoms with Gasteiger partial charge in [-0.15, -0.1) is 0 Å². The zero-order chi connectivity index (χ0) is 13.1. The van der Waals surface area contributed by atoms with Gasteiger partial charge in [0.2, 0.25) is 0 Å². The number of nitrogens with two attached hydrogens (primary N) is 1. The fourth-order valence-electron chi connectivity index (χ4n) is 2.08. The minimum atomic E-state index is 0.528. The van der Waals surface area contributed by atoms with Gasteiger partial charge in [-0.2, -0.15) is 5.10 Å². The summed E-state index contributed by atoms with van der Waals surface area (Å²) in [5.41, 5.74) is 7.74. The second kappa shape index (κ2) is 4.97. The van der Waals surface area contributed by atoms with Gasteiger partial charge in [-0.05, 0) is 12.1 Å². The predicted molar refractivity (Wildman–Crippen MR) is 76.9 cm³/mol. The molecule has 0 radical (unpaired) electrons. The van der Waals surface area contributed by atoms with Crippen molar-refractivity contribution < 1.29 is 0 Å². The Labute approximate surface area is 111 Å². The van der Waals surface area contributed by atoms with Crippen LogP contribution in [0.1, 0.15) is 0 Å². The molecule has 0 fully saturated rings. The Morgan fingerprint density at radius 1 is 1.21 bits per heavy atom. The molecule has 0 spiro atoms. The molecule has 96 valence electrons. The van der Waals surface area contributed by atoms with Crippen molar-refractivity contribution in [2.45, 2.75) is 6.54 Å². The third-order valence-electron chi connectivity index (χ3n) is 2.95. The van der Waals surface area contributed by atoms with Gasteiger partial charge in [0.05, 0.1) is 12.1 Å². The van der Waals surface area contributed by atoms with Crippen LogP contribution in [0.5, 0.6) is 0 Å². The quantitative estimate of drug-likeness (QED) is 0.747. The third kappa shape index (κ3) is 2.49. The lowest BCUT2D eigenvalue weighted by molar-refractivity contribution is 0.638. The van der Waals surface area contributed by atoms with E-state index in [2.05, 4.69) is 15.4 Å². The molecule has 0 bridgehead atoms. The number of fused-ring (bicyclic) bond motifs is 1. The highest BCUT2D eigenvalue weighted by Gasteiger charge is 2.03. The topological polar surface area (TPSA) is 68.8 Å². The summed E-state index contributed by atoms with van der Waals surface area (Å²) in [5, 5.41) is 8.63. The van der Waals surface area contributed by atoms with Gasteiger partial charge < -0.3 is 11.1 Å². The SMILES string of the molecule is Nc1cc(NCCn2cccn2)c2ccccc2n1. The van der Waals surface area contributed by atoms with Crippen LogP contribution >= 0.6 is 0 Å². The van der Waals surface area contributed by atoms with Gasteiger partial charge in [-0.1, -0.05) is 18.2 Å². The maximum absolute atomic E-state index is 5.82. The minimum absolute atomic E-state index is 0.528. The van der Waals surface area contributed by atoms with Crippen molar-refractivity contribution in [2.24, 2.45) is 0 Å². The molecule has 0 saturated heterocycles. The summed E-state index contributed by atoms with van der Waals surface area (Å²) >= 11 is 0. The number of para-hydroxylation sites is 1. The second-order valence-electron chi connectivity index (χ2n) is 4.31. The number of aromatic nitrogens is 3. The molecule has 0 saturated carbocycles. The Hall–Kier alpha value is -2.56. The average Bonchev–Trinajstić information content (AvgIpc) is 2.91. The number of nitrogens with zero attached hydrogens (tertiary/aromatic N) is 3. The molecular weight excluding hydrogens is 238 g/mol. The molecule has 0 atom stereocenters. The van der Waals surface area contributed by atoms with E-state index < -0.39 is 0 Å². The highest BCUT2D eigenvalue weighted by atomic mass is 15.3. The van der Waals surface area contributed by atoms with E-state index in [0.717, 1.165) is 29.7 Å². The number of hydrogen-bond donors (Lipinski definition) is 2. The molecule has 3 aromatic rings. The summed E-state index contributed by atoms with van der Waals surface area (Å²) in [6.07, 6.45) is 3.72. The van der Waals surface area contributed by atoms with Gasteiger partial charge in [-0.3, -0.25) is 4.68 Å². The number of benzene rings is 1. The normalized spacial score (nSPS) is 10.7. The zero-order valence-corrected chi connectivity index (χ0v) is 10.5. The number of nitrogen functional groups attached to an aromatic ring is 1. The summed E-state index contributed by atoms with van der Waals surface area (Å²) in [6, 6.07) is 11.7. The summed E-state index contributed by atoms with van der Waals surface area (Å²) in [7, 11) is 0. The van der Waals surface area contributed by atoms with E-state index in [-0.39, 0.29) is 0 Å². The Morgan fingerprint density at radius 3 is 2.95 bits per heavy atom. The van der Waals surface area contributed by atoms with Gasteiger partial charge >= 0.3 is 0 Å². The lowest BCUT2D eigenvalue weighted by Crippen LogP contribution is -2.11. The Bertz CT molecular complexity index is 675. The molecule has 0 aliphatic heterocycles. The standard InChI is InChI=1S/C14H15N5/c15-14-10-13(11-4-1-2-5-12(11)18-14)16-7-9-19-8-3-6-17-19/h1-6,8,10H,7,9H2,(H3,15,16,18). The summed E-state index contributed by atoms with van der Waals surface area (Å²) < 4.78 is 1.89. The monoisotopic (exact) mass is 253 g/mol. The van der Waals surface area contributed by atoms with Crippen LogP contribution in [0.2, 0.25) is 0 Å². The van der Waals surface area contributed by atoms with Gasteiger partial charge in [-0.25, -0.2) is 4.98 Å². The largest absolute Gasteiger partial charge is 0.384 e. The van der Waals surface area contributed by atoms with Crippen LogP contribution < -0.4 is 11.1 Å². The first-order valence-electron chi connectivity index (χ1n) is 6.19. The van der Waals surface area contributed by atoms with Crippen molar-refractivity contribution in [3.63, 3.8) is 0 Å². The van der Waals surface area contributed by atoms with Crippen molar-refractivity contribution in [3.05, 3.63) is 48.8 Å². The van der Waals surface area contributed by atoms with Crippen molar-refractivity contribution in [1.29, 1.82) is 0 Å². The molecule has 0 aliphatic rings. The van der Waals surface area contributed by atoms with E-state index in [1.54, 1.807) is 6.20 Å². The zero-order valence-electron chi connectivity index (χ0n) is 10.5. The number of anilines is 2. The molecule has 0 amide bonds. The van der Waals surface area contributed by atoms with E-state index >= 15 is 0 Å². The molecule has 2 heterocycles. The summed E-state index contributed by atoms with van der Waals surface area (Å²) in [6.45, 7) is 1.60. The van der Waals surface area contributed by atoms with Gasteiger partial charge in [0.25, 0.3) is 0 Å². The van der Waals surface area contributed by atoms with E-state index in [0.29, 0.717) is 5.82 Å². The van der Waals surface area contributed by atoms with Crippen LogP contribution in [0, 0.1) is 0 Å². The molecule has 1 aromatic carbocycles. The molecule has 5 heteroatoms. The number of hydrogen-bond acceptors (Lipinski definition) is 4. The smallest absolute Gasteiger partial charge is 0.126 e. The highest BCUT2D eigenvalue weighted by molar-refractivity contribution is 5.92. The van der Waals surface area contributed by atoms with E-state index in [4.69, 9.17) is 5.73 Å². The fraction of sp³-hybridized carbons (Fsp3) is 0.143. The van der Waals surface area contributed by atoms with Crippen molar-refractivity contribution >= 4 is 22.4 Å². The molecule has 5 nitrogen and oxygen atoms in total. The lowest BCUT2D eigenvalue weighted by atomic mass is 10.2. The van der Waals surface area contributed by atoms with E-state index in [1.807, 2.05) is 47.3 Å². The first kappa shape index (κ1) is 11.5. The fourth-order valence-corrected chi connectivity index (χ4v) is 2.08. The van der Waals surface area contributed by atoms with Gasteiger partial charge in [0.15, 0.2) is 0 Å². The molecule has 19 heavy (non-hydrogen) atoms. The molecule has 0 aliphatic carbocycles. The molecule has 3 N–H and O–H groups in total. The van der Waals surface area contributed by atoms with Gasteiger partial charge in [0.1, 0.15) is 5.82 Å². The van der Waals surface area contributed by atoms with Crippen LogP contribution in [0.3, 0.4) is 0 Å². The van der Waals surface area contributed by atoms with Crippen molar-refractivity contribution in [2.75, 3.05) is 17.6 Å². The highest BCUT2D eigenvalue weighted by Crippen LogP contribution is 2.23. The van der Waals surface area contributed by atoms with Gasteiger partial charge in [0, 0.05) is 36.1 Å². The van der Waals surface area contributed by atoms with E-state index in [9.17, 15) is 0 Å². The maximum atomic E-state index is 5.82. The molecule has 2 aromatic heterocycles. The molecule has 0 unspecified atom stereocenters. The first-order chi connectivity index (χ1) is 9.33. The minimum Gasteiger partial charge on any atom is -0.384 e. The maximum Gasteiger partial charge on any atom is 0.126 e. The average molecular weight is 253 g/mol. The van der Waals surface area contributed by atoms with Crippen molar-refractivity contribution in [1.82, 2.24) is 14.8 Å². The lowest BCUT2D eigenvalue weighted by Gasteiger charge is -2.10. The van der Waals surface area contributed by atoms with E-state index in [1.165, 1.54) is 0 Å². The predicted octanol–water partition coefficient (Wildman–Crippen LogP) is 2.13. The third-order valence-corrected chi connectivity index (χ3v) is 2.95. The van der Waals surface area contributed by atoms with Crippen LogP contribution in [0.25, 0.3) is 10.9 Å². The van der Waals surface area contributed by atoms with Crippen LogP contribution in [0.15, 0.2) is 48.8 Å². The second-order valence-corrected chi connectivity index (χ2v) is 4.31. The number of nitrogens with one attached hydrogen (secondary N) is 1. The van der Waals surface area contributed by atoms with Crippen molar-refractivity contribution in [3.8, 4) is 0 Å². The van der Waals surface area contributed by atoms with Crippen LogP contribution in [0.4, 0.5) is 11.5 Å². The Balaban J connectivity index is 1.80. The number of rotatable bonds is 4. The first-order valence-corrected chi connectivity index (χ1v) is 6.19. The Morgan fingerprint density at radius 2 is 2.11 bits per heavy atom. The van der Waals surface area contributed by atoms with Crippen LogP contribution in [-0.2, 0) is 6.54 Å². The van der Waals surface area contributed by atoms with Crippen LogP contribution in [-0.4, -0.2) is 21.3 Å². The molecular formula is C14H15N5. The number of pyridine rings is 1. The molecule has 3 rings (SSSR count). The summed E-state index contributed by atoms with van der Waals surface area (Å²) in [4.78, 5) is 4.31. The Kier molecular flexibility index (Phi) is 3.02. The summed E-state index contributed by atoms with van der Waals surface area (Å²) in [5.74, 6) is 0.528.